The first-order valence-corrected chi connectivity index (χ1v) is 7.20. The SMILES string of the molecule is CC(CC(C(=O)O)N1CCCCC1)c1ccccc1. The van der Waals surface area contributed by atoms with Gasteiger partial charge in [0.1, 0.15) is 6.04 Å². The van der Waals surface area contributed by atoms with E-state index in [1.54, 1.807) is 0 Å². The molecule has 1 aliphatic heterocycles. The molecule has 1 aliphatic rings. The summed E-state index contributed by atoms with van der Waals surface area (Å²) in [5.74, 6) is -0.395. The summed E-state index contributed by atoms with van der Waals surface area (Å²) >= 11 is 0. The summed E-state index contributed by atoms with van der Waals surface area (Å²) in [4.78, 5) is 13.7. The quantitative estimate of drug-likeness (QED) is 0.885. The number of carboxylic acid groups (broad SMARTS) is 1. The molecule has 2 rings (SSSR count). The normalized spacial score (nSPS) is 19.8. The van der Waals surface area contributed by atoms with Crippen LogP contribution in [0.25, 0.3) is 0 Å². The molecule has 3 heteroatoms. The number of rotatable bonds is 5. The minimum Gasteiger partial charge on any atom is -0.480 e. The third kappa shape index (κ3) is 3.80. The lowest BCUT2D eigenvalue weighted by atomic mass is 9.92. The molecule has 0 spiro atoms. The maximum absolute atomic E-state index is 11.5. The lowest BCUT2D eigenvalue weighted by Crippen LogP contribution is -2.44. The second-order valence-electron chi connectivity index (χ2n) is 5.50. The van der Waals surface area contributed by atoms with Crippen molar-refractivity contribution in [3.8, 4) is 0 Å². The second kappa shape index (κ2) is 6.71. The van der Waals surface area contributed by atoms with E-state index in [2.05, 4.69) is 24.0 Å². The fourth-order valence-electron chi connectivity index (χ4n) is 2.89. The van der Waals surface area contributed by atoms with Gasteiger partial charge in [-0.1, -0.05) is 43.7 Å². The first-order valence-electron chi connectivity index (χ1n) is 7.20. The average molecular weight is 261 g/mol. The highest BCUT2D eigenvalue weighted by Gasteiger charge is 2.28. The minimum atomic E-state index is -0.676. The second-order valence-corrected chi connectivity index (χ2v) is 5.50. The van der Waals surface area contributed by atoms with E-state index in [0.29, 0.717) is 6.42 Å². The molecule has 1 aromatic rings. The van der Waals surface area contributed by atoms with Gasteiger partial charge in [0.2, 0.25) is 0 Å². The fourth-order valence-corrected chi connectivity index (χ4v) is 2.89. The van der Waals surface area contributed by atoms with Gasteiger partial charge in [-0.05, 0) is 43.8 Å². The van der Waals surface area contributed by atoms with E-state index < -0.39 is 5.97 Å². The molecule has 3 nitrogen and oxygen atoms in total. The first-order chi connectivity index (χ1) is 9.18. The number of piperidine rings is 1. The minimum absolute atomic E-state index is 0.282. The van der Waals surface area contributed by atoms with Crippen LogP contribution in [0.15, 0.2) is 30.3 Å². The number of carboxylic acids is 1. The van der Waals surface area contributed by atoms with Crippen molar-refractivity contribution in [2.75, 3.05) is 13.1 Å². The molecule has 2 unspecified atom stereocenters. The van der Waals surface area contributed by atoms with Crippen LogP contribution < -0.4 is 0 Å². The average Bonchev–Trinajstić information content (AvgIpc) is 2.46. The molecule has 0 aromatic heterocycles. The van der Waals surface area contributed by atoms with Crippen molar-refractivity contribution < 1.29 is 9.90 Å². The molecule has 0 bridgehead atoms. The molecular formula is C16H23NO2. The van der Waals surface area contributed by atoms with E-state index in [1.807, 2.05) is 18.2 Å². The molecule has 1 heterocycles. The molecule has 0 aliphatic carbocycles. The predicted molar refractivity (Wildman–Crippen MR) is 76.3 cm³/mol. The zero-order chi connectivity index (χ0) is 13.7. The Morgan fingerprint density at radius 2 is 1.84 bits per heavy atom. The number of hydrogen-bond acceptors (Lipinski definition) is 2. The Hall–Kier alpha value is -1.35. The van der Waals surface area contributed by atoms with E-state index in [1.165, 1.54) is 12.0 Å². The number of nitrogens with zero attached hydrogens (tertiary/aromatic N) is 1. The number of hydrogen-bond donors (Lipinski definition) is 1. The number of benzene rings is 1. The Bertz CT molecular complexity index is 398. The van der Waals surface area contributed by atoms with Crippen LogP contribution in [-0.2, 0) is 4.79 Å². The van der Waals surface area contributed by atoms with Gasteiger partial charge in [0, 0.05) is 0 Å². The summed E-state index contributed by atoms with van der Waals surface area (Å²) in [5, 5.41) is 9.48. The van der Waals surface area contributed by atoms with Gasteiger partial charge < -0.3 is 5.11 Å². The number of aliphatic carboxylic acids is 1. The first kappa shape index (κ1) is 14.1. The Morgan fingerprint density at radius 3 is 2.42 bits per heavy atom. The summed E-state index contributed by atoms with van der Waals surface area (Å²) in [6, 6.07) is 9.86. The van der Waals surface area contributed by atoms with Crippen molar-refractivity contribution in [2.24, 2.45) is 0 Å². The highest BCUT2D eigenvalue weighted by molar-refractivity contribution is 5.73. The van der Waals surface area contributed by atoms with E-state index in [-0.39, 0.29) is 12.0 Å². The molecule has 0 saturated carbocycles. The van der Waals surface area contributed by atoms with Gasteiger partial charge >= 0.3 is 5.97 Å². The van der Waals surface area contributed by atoms with E-state index in [0.717, 1.165) is 25.9 Å². The Morgan fingerprint density at radius 1 is 1.21 bits per heavy atom. The lowest BCUT2D eigenvalue weighted by molar-refractivity contribution is -0.144. The maximum Gasteiger partial charge on any atom is 0.320 e. The van der Waals surface area contributed by atoms with Crippen molar-refractivity contribution in [1.82, 2.24) is 4.90 Å². The third-order valence-electron chi connectivity index (χ3n) is 4.06. The lowest BCUT2D eigenvalue weighted by Gasteiger charge is -2.33. The number of carbonyl (C=O) groups is 1. The van der Waals surface area contributed by atoms with Gasteiger partial charge in [-0.2, -0.15) is 0 Å². The van der Waals surface area contributed by atoms with E-state index >= 15 is 0 Å². The van der Waals surface area contributed by atoms with Crippen LogP contribution in [0.3, 0.4) is 0 Å². The molecule has 19 heavy (non-hydrogen) atoms. The van der Waals surface area contributed by atoms with E-state index in [4.69, 9.17) is 0 Å². The van der Waals surface area contributed by atoms with Crippen molar-refractivity contribution in [1.29, 1.82) is 0 Å². The molecule has 2 atom stereocenters. The molecule has 0 amide bonds. The van der Waals surface area contributed by atoms with Crippen LogP contribution in [0, 0.1) is 0 Å². The zero-order valence-corrected chi connectivity index (χ0v) is 11.6. The van der Waals surface area contributed by atoms with Crippen molar-refractivity contribution in [3.05, 3.63) is 35.9 Å². The predicted octanol–water partition coefficient (Wildman–Crippen LogP) is 3.12. The standard InChI is InChI=1S/C16H23NO2/c1-13(14-8-4-2-5-9-14)12-15(16(18)19)17-10-6-3-7-11-17/h2,4-5,8-9,13,15H,3,6-7,10-12H2,1H3,(H,18,19). The van der Waals surface area contributed by atoms with Crippen LogP contribution in [0.2, 0.25) is 0 Å². The fraction of sp³-hybridized carbons (Fsp3) is 0.562. The Labute approximate surface area is 115 Å². The monoisotopic (exact) mass is 261 g/mol. The topological polar surface area (TPSA) is 40.5 Å². The van der Waals surface area contributed by atoms with Crippen LogP contribution >= 0.6 is 0 Å². The van der Waals surface area contributed by atoms with E-state index in [9.17, 15) is 9.90 Å². The number of likely N-dealkylation sites (tertiary alicyclic amines) is 1. The zero-order valence-electron chi connectivity index (χ0n) is 11.6. The van der Waals surface area contributed by atoms with Crippen LogP contribution in [-0.4, -0.2) is 35.1 Å². The maximum atomic E-state index is 11.5. The smallest absolute Gasteiger partial charge is 0.320 e. The summed E-state index contributed by atoms with van der Waals surface area (Å²) in [6.45, 7) is 3.98. The Balaban J connectivity index is 2.02. The van der Waals surface area contributed by atoms with Gasteiger partial charge in [-0.3, -0.25) is 9.69 Å². The third-order valence-corrected chi connectivity index (χ3v) is 4.06. The molecule has 1 saturated heterocycles. The van der Waals surface area contributed by atoms with Crippen LogP contribution in [0.1, 0.15) is 44.1 Å². The van der Waals surface area contributed by atoms with Crippen LogP contribution in [0.5, 0.6) is 0 Å². The van der Waals surface area contributed by atoms with Gasteiger partial charge in [0.15, 0.2) is 0 Å². The summed E-state index contributed by atoms with van der Waals surface area (Å²) in [6.07, 6.45) is 4.18. The highest BCUT2D eigenvalue weighted by Crippen LogP contribution is 2.24. The molecule has 104 valence electrons. The molecule has 1 aromatic carbocycles. The van der Waals surface area contributed by atoms with Crippen molar-refractivity contribution in [2.45, 2.75) is 44.6 Å². The molecule has 0 radical (unpaired) electrons. The van der Waals surface area contributed by atoms with Crippen molar-refractivity contribution >= 4 is 5.97 Å². The molecule has 1 N–H and O–H groups in total. The summed E-state index contributed by atoms with van der Waals surface area (Å²) in [5.41, 5.74) is 1.23. The van der Waals surface area contributed by atoms with Gasteiger partial charge in [-0.25, -0.2) is 0 Å². The Kier molecular flexibility index (Phi) is 4.97. The van der Waals surface area contributed by atoms with Gasteiger partial charge in [-0.15, -0.1) is 0 Å². The largest absolute Gasteiger partial charge is 0.480 e. The summed E-state index contributed by atoms with van der Waals surface area (Å²) < 4.78 is 0. The molecular weight excluding hydrogens is 238 g/mol. The highest BCUT2D eigenvalue weighted by atomic mass is 16.4. The molecule has 1 fully saturated rings. The van der Waals surface area contributed by atoms with Gasteiger partial charge in [0.05, 0.1) is 0 Å². The van der Waals surface area contributed by atoms with Crippen LogP contribution in [0.4, 0.5) is 0 Å². The summed E-state index contributed by atoms with van der Waals surface area (Å²) in [7, 11) is 0. The van der Waals surface area contributed by atoms with Crippen molar-refractivity contribution in [3.63, 3.8) is 0 Å². The van der Waals surface area contributed by atoms with Gasteiger partial charge in [0.25, 0.3) is 0 Å².